The highest BCUT2D eigenvalue weighted by atomic mass is 32.1. The zero-order chi connectivity index (χ0) is 9.84. The van der Waals surface area contributed by atoms with Crippen LogP contribution in [0.5, 0.6) is 0 Å². The van der Waals surface area contributed by atoms with Crippen LogP contribution in [0, 0.1) is 0 Å². The van der Waals surface area contributed by atoms with Crippen LogP contribution in [0.25, 0.3) is 0 Å². The molecule has 0 radical (unpaired) electrons. The molecule has 0 bridgehead atoms. The molecule has 4 nitrogen and oxygen atoms in total. The molecule has 1 amide bonds. The van der Waals surface area contributed by atoms with E-state index in [1.807, 2.05) is 0 Å². The second kappa shape index (κ2) is 4.06. The molecule has 0 fully saturated rings. The summed E-state index contributed by atoms with van der Waals surface area (Å²) in [6.45, 7) is 1.59. The highest BCUT2D eigenvalue weighted by Gasteiger charge is 2.12. The van der Waals surface area contributed by atoms with Crippen LogP contribution in [0.4, 0.5) is 0 Å². The summed E-state index contributed by atoms with van der Waals surface area (Å²) in [6, 6.07) is 3.17. The first-order valence-electron chi connectivity index (χ1n) is 3.62. The summed E-state index contributed by atoms with van der Waals surface area (Å²) < 4.78 is 0. The largest absolute Gasteiger partial charge is 0.273 e. The highest BCUT2D eigenvalue weighted by molar-refractivity contribution is 7.80. The number of nitrogens with zero attached hydrogens (tertiary/aromatic N) is 2. The zero-order valence-corrected chi connectivity index (χ0v) is 7.91. The van der Waals surface area contributed by atoms with Crippen LogP contribution in [-0.2, 0) is 0 Å². The van der Waals surface area contributed by atoms with Gasteiger partial charge in [0.2, 0.25) is 0 Å². The van der Waals surface area contributed by atoms with Gasteiger partial charge >= 0.3 is 0 Å². The van der Waals surface area contributed by atoms with Crippen molar-refractivity contribution in [3.63, 3.8) is 0 Å². The molecule has 0 aliphatic rings. The summed E-state index contributed by atoms with van der Waals surface area (Å²) >= 11 is 4.76. The number of carbonyl (C=O) groups is 1. The van der Waals surface area contributed by atoms with E-state index in [0.717, 1.165) is 5.01 Å². The van der Waals surface area contributed by atoms with Crippen LogP contribution < -0.4 is 5.84 Å². The molecule has 0 aliphatic heterocycles. The minimum Gasteiger partial charge on any atom is -0.267 e. The number of carbonyl (C=O) groups excluding carboxylic acids is 1. The Morgan fingerprint density at radius 1 is 1.54 bits per heavy atom. The van der Waals surface area contributed by atoms with Gasteiger partial charge < -0.3 is 0 Å². The fourth-order valence-electron chi connectivity index (χ4n) is 0.777. The lowest BCUT2D eigenvalue weighted by Gasteiger charge is -2.13. The van der Waals surface area contributed by atoms with Gasteiger partial charge in [0.15, 0.2) is 0 Å². The van der Waals surface area contributed by atoms with Crippen molar-refractivity contribution in [1.82, 2.24) is 9.99 Å². The molecule has 0 saturated carbocycles. The molecule has 0 aromatic carbocycles. The molecule has 1 aromatic heterocycles. The monoisotopic (exact) mass is 195 g/mol. The molecule has 13 heavy (non-hydrogen) atoms. The van der Waals surface area contributed by atoms with E-state index >= 15 is 0 Å². The first kappa shape index (κ1) is 9.76. The van der Waals surface area contributed by atoms with Crippen LogP contribution >= 0.6 is 12.2 Å². The summed E-state index contributed by atoms with van der Waals surface area (Å²) in [5.74, 6) is 5.09. The zero-order valence-electron chi connectivity index (χ0n) is 7.10. The number of nitrogens with two attached hydrogens (primary N) is 1. The van der Waals surface area contributed by atoms with Crippen molar-refractivity contribution in [2.45, 2.75) is 6.92 Å². The molecule has 1 aromatic rings. The van der Waals surface area contributed by atoms with Gasteiger partial charge in [-0.2, -0.15) is 0 Å². The van der Waals surface area contributed by atoms with Crippen LogP contribution in [0.1, 0.15) is 17.3 Å². The van der Waals surface area contributed by atoms with Crippen molar-refractivity contribution in [3.05, 3.63) is 30.1 Å². The lowest BCUT2D eigenvalue weighted by atomic mass is 10.2. The molecule has 0 unspecified atom stereocenters. The van der Waals surface area contributed by atoms with E-state index in [-0.39, 0.29) is 5.91 Å². The van der Waals surface area contributed by atoms with Crippen molar-refractivity contribution in [2.24, 2.45) is 5.84 Å². The molecule has 2 N–H and O–H groups in total. The normalized spacial score (nSPS) is 9.38. The van der Waals surface area contributed by atoms with Gasteiger partial charge in [0, 0.05) is 18.0 Å². The molecule has 5 heteroatoms. The van der Waals surface area contributed by atoms with Crippen molar-refractivity contribution in [3.8, 4) is 0 Å². The molecule has 0 saturated heterocycles. The molecular weight excluding hydrogens is 186 g/mol. The Balaban J connectivity index is 2.86. The number of rotatable bonds is 1. The predicted octanol–water partition coefficient (Wildman–Crippen LogP) is 0.745. The smallest absolute Gasteiger partial charge is 0.267 e. The fraction of sp³-hybridized carbons (Fsp3) is 0.125. The van der Waals surface area contributed by atoms with Crippen LogP contribution in [0.15, 0.2) is 24.5 Å². The minimum absolute atomic E-state index is 0.324. The van der Waals surface area contributed by atoms with E-state index < -0.39 is 0 Å². The number of hydrogen-bond donors (Lipinski definition) is 1. The maximum Gasteiger partial charge on any atom is 0.273 e. The Bertz CT molecular complexity index is 325. The van der Waals surface area contributed by atoms with E-state index in [1.54, 1.807) is 19.1 Å². The molecule has 68 valence electrons. The third kappa shape index (κ3) is 2.30. The molecular formula is C8H9N3OS. The van der Waals surface area contributed by atoms with Crippen molar-refractivity contribution in [1.29, 1.82) is 0 Å². The Morgan fingerprint density at radius 2 is 2.08 bits per heavy atom. The first-order chi connectivity index (χ1) is 6.13. The van der Waals surface area contributed by atoms with Crippen molar-refractivity contribution >= 4 is 23.1 Å². The maximum absolute atomic E-state index is 11.5. The Kier molecular flexibility index (Phi) is 3.05. The van der Waals surface area contributed by atoms with E-state index in [2.05, 4.69) is 4.98 Å². The highest BCUT2D eigenvalue weighted by Crippen LogP contribution is 2.00. The van der Waals surface area contributed by atoms with E-state index in [9.17, 15) is 4.79 Å². The standard InChI is InChI=1S/C8H9N3OS/c1-6(13)11(9)8(12)7-2-4-10-5-3-7/h2-5H,9H2,1H3. The number of thiocarbonyl (C=S) groups is 1. The summed E-state index contributed by atoms with van der Waals surface area (Å²) in [6.07, 6.45) is 3.06. The number of hydrazine groups is 1. The van der Waals surface area contributed by atoms with Crippen molar-refractivity contribution < 1.29 is 4.79 Å². The first-order valence-corrected chi connectivity index (χ1v) is 4.03. The van der Waals surface area contributed by atoms with Gasteiger partial charge in [-0.05, 0) is 19.1 Å². The molecule has 1 heterocycles. The van der Waals surface area contributed by atoms with Gasteiger partial charge in [0.25, 0.3) is 5.91 Å². The quantitative estimate of drug-likeness (QED) is 0.311. The summed E-state index contributed by atoms with van der Waals surface area (Å²) in [5, 5.41) is 0.935. The van der Waals surface area contributed by atoms with E-state index in [0.29, 0.717) is 10.6 Å². The fourth-order valence-corrected chi connectivity index (χ4v) is 0.859. The third-order valence-corrected chi connectivity index (χ3v) is 1.68. The Labute approximate surface area is 81.3 Å². The molecule has 0 aliphatic carbocycles. The maximum atomic E-state index is 11.5. The van der Waals surface area contributed by atoms with Gasteiger partial charge in [-0.25, -0.2) is 10.9 Å². The molecule has 0 atom stereocenters. The topological polar surface area (TPSA) is 59.2 Å². The molecule has 1 rings (SSSR count). The second-order valence-corrected chi connectivity index (χ2v) is 3.02. The average molecular weight is 195 g/mol. The Morgan fingerprint density at radius 3 is 2.54 bits per heavy atom. The lowest BCUT2D eigenvalue weighted by Crippen LogP contribution is -2.40. The van der Waals surface area contributed by atoms with Crippen LogP contribution in [0.3, 0.4) is 0 Å². The second-order valence-electron chi connectivity index (χ2n) is 2.43. The number of hydrogen-bond acceptors (Lipinski definition) is 4. The molecule has 0 spiro atoms. The average Bonchev–Trinajstić information content (AvgIpc) is 2.17. The number of pyridine rings is 1. The lowest BCUT2D eigenvalue weighted by molar-refractivity contribution is 0.0849. The summed E-state index contributed by atoms with van der Waals surface area (Å²) in [4.78, 5) is 15.6. The predicted molar refractivity (Wildman–Crippen MR) is 52.9 cm³/mol. The minimum atomic E-state index is -0.324. The van der Waals surface area contributed by atoms with Crippen LogP contribution in [0.2, 0.25) is 0 Å². The van der Waals surface area contributed by atoms with Gasteiger partial charge in [-0.15, -0.1) is 0 Å². The van der Waals surface area contributed by atoms with Gasteiger partial charge in [0.05, 0.1) is 4.99 Å². The summed E-state index contributed by atoms with van der Waals surface area (Å²) in [7, 11) is 0. The van der Waals surface area contributed by atoms with E-state index in [4.69, 9.17) is 18.1 Å². The summed E-state index contributed by atoms with van der Waals surface area (Å²) in [5.41, 5.74) is 0.474. The number of aromatic nitrogens is 1. The van der Waals surface area contributed by atoms with Gasteiger partial charge in [-0.1, -0.05) is 12.2 Å². The van der Waals surface area contributed by atoms with Gasteiger partial charge in [0.1, 0.15) is 0 Å². The van der Waals surface area contributed by atoms with Crippen molar-refractivity contribution in [2.75, 3.05) is 0 Å². The van der Waals surface area contributed by atoms with Gasteiger partial charge in [-0.3, -0.25) is 9.78 Å². The Hall–Kier alpha value is -1.33. The SMILES string of the molecule is CC(=S)N(N)C(=O)c1ccncc1. The van der Waals surface area contributed by atoms with E-state index in [1.165, 1.54) is 12.4 Å². The van der Waals surface area contributed by atoms with Crippen LogP contribution in [-0.4, -0.2) is 20.9 Å². The number of amides is 1. The third-order valence-electron chi connectivity index (χ3n) is 1.49.